The van der Waals surface area contributed by atoms with Crippen LogP contribution < -0.4 is 0 Å². The molecule has 0 aromatic heterocycles. The van der Waals surface area contributed by atoms with Crippen molar-refractivity contribution in [3.63, 3.8) is 0 Å². The predicted octanol–water partition coefficient (Wildman–Crippen LogP) is 3.57. The van der Waals surface area contributed by atoms with Gasteiger partial charge in [-0.25, -0.2) is 0 Å². The van der Waals surface area contributed by atoms with Crippen LogP contribution in [0.4, 0.5) is 0 Å². The number of rotatable bonds is 6. The van der Waals surface area contributed by atoms with E-state index in [4.69, 9.17) is 0 Å². The second kappa shape index (κ2) is 12.1. The van der Waals surface area contributed by atoms with Crippen LogP contribution >= 0.6 is 0 Å². The Morgan fingerprint density at radius 1 is 0.900 bits per heavy atom. The minimum atomic E-state index is 0. The Kier molecular flexibility index (Phi) is 15.8. The quantitative estimate of drug-likeness (QED) is 0.495. The van der Waals surface area contributed by atoms with Gasteiger partial charge in [-0.3, -0.25) is 0 Å². The number of unbranched alkanes of at least 4 members (excludes halogenated alkanes) is 6. The van der Waals surface area contributed by atoms with Gasteiger partial charge in [-0.1, -0.05) is 45.4 Å². The van der Waals surface area contributed by atoms with E-state index in [1.807, 2.05) is 0 Å². The first kappa shape index (κ1) is 13.0. The van der Waals surface area contributed by atoms with Crippen LogP contribution in [0.5, 0.6) is 0 Å². The van der Waals surface area contributed by atoms with Crippen molar-refractivity contribution in [3.05, 3.63) is 6.92 Å². The summed E-state index contributed by atoms with van der Waals surface area (Å²) in [7, 11) is 0. The molecular weight excluding hydrogens is 351 g/mol. The second-order valence-electron chi connectivity index (χ2n) is 2.62. The van der Waals surface area contributed by atoms with Crippen molar-refractivity contribution in [2.45, 2.75) is 51.9 Å². The van der Waals surface area contributed by atoms with Crippen LogP contribution in [0.3, 0.4) is 0 Å². The molecule has 1 heteroatoms. The predicted molar refractivity (Wildman–Crippen MR) is 43.4 cm³/mol. The topological polar surface area (TPSA) is 0 Å². The van der Waals surface area contributed by atoms with Gasteiger partial charge in [-0.05, 0) is 0 Å². The summed E-state index contributed by atoms with van der Waals surface area (Å²) < 4.78 is 0. The molecule has 0 saturated carbocycles. The normalized spacial score (nSPS) is 9.00. The van der Waals surface area contributed by atoms with E-state index in [1.165, 1.54) is 38.5 Å². The Labute approximate surface area is 73.6 Å². The first-order chi connectivity index (χ1) is 4.41. The molecular formula is C9H19Am-. The van der Waals surface area contributed by atoms with Crippen molar-refractivity contribution in [2.24, 2.45) is 0 Å². The molecule has 1 radical (unpaired) electrons. The fourth-order valence-corrected chi connectivity index (χ4v) is 0.957. The van der Waals surface area contributed by atoms with Crippen LogP contribution in [0.1, 0.15) is 51.9 Å². The van der Waals surface area contributed by atoms with Gasteiger partial charge in [0, 0.05) is 14.3 Å². The minimum Gasteiger partial charge on any atom is -0.343 e. The van der Waals surface area contributed by atoms with Crippen LogP contribution in [0.2, 0.25) is 0 Å². The molecule has 0 aliphatic carbocycles. The molecule has 0 aliphatic heterocycles. The maximum atomic E-state index is 3.80. The van der Waals surface area contributed by atoms with Crippen LogP contribution in [0.25, 0.3) is 0 Å². The smallest absolute Gasteiger partial charge is 0 e. The molecule has 0 amide bonds. The molecule has 10 heavy (non-hydrogen) atoms. The van der Waals surface area contributed by atoms with Crippen LogP contribution in [0.15, 0.2) is 0 Å². The zero-order valence-electron chi connectivity index (χ0n) is 7.03. The number of hydrogen-bond acceptors (Lipinski definition) is 0. The van der Waals surface area contributed by atoms with Gasteiger partial charge in [0.15, 0.2) is 0 Å². The minimum absolute atomic E-state index is 0. The van der Waals surface area contributed by atoms with Crippen molar-refractivity contribution in [1.82, 2.24) is 0 Å². The summed E-state index contributed by atoms with van der Waals surface area (Å²) in [6, 6.07) is 0. The van der Waals surface area contributed by atoms with Gasteiger partial charge in [0.05, 0.1) is 0 Å². The number of hydrogen-bond donors (Lipinski definition) is 0. The third-order valence-electron chi connectivity index (χ3n) is 1.60. The summed E-state index contributed by atoms with van der Waals surface area (Å²) in [5.74, 6) is 0. The molecule has 0 fully saturated rings. The molecule has 0 aromatic rings. The van der Waals surface area contributed by atoms with Crippen LogP contribution in [0, 0.1) is 21.2 Å². The van der Waals surface area contributed by atoms with Gasteiger partial charge in [-0.2, -0.15) is 6.42 Å². The van der Waals surface area contributed by atoms with E-state index in [-0.39, 0.29) is 14.3 Å². The Hall–Kier alpha value is 0.390. The van der Waals surface area contributed by atoms with E-state index in [2.05, 4.69) is 13.8 Å². The first-order valence-corrected chi connectivity index (χ1v) is 4.21. The maximum Gasteiger partial charge on any atom is 0 e. The van der Waals surface area contributed by atoms with Crippen LogP contribution in [-0.4, -0.2) is 0 Å². The van der Waals surface area contributed by atoms with Gasteiger partial charge >= 0.3 is 0 Å². The Morgan fingerprint density at radius 2 is 1.40 bits per heavy atom. The summed E-state index contributed by atoms with van der Waals surface area (Å²) in [4.78, 5) is 0. The monoisotopic (exact) mass is 368 g/mol. The van der Waals surface area contributed by atoms with Gasteiger partial charge in [-0.15, -0.1) is 0 Å². The summed E-state index contributed by atoms with van der Waals surface area (Å²) in [6.07, 6.45) is 9.45. The van der Waals surface area contributed by atoms with E-state index < -0.39 is 0 Å². The molecule has 0 aromatic carbocycles. The largest absolute Gasteiger partial charge is 0.343 e. The van der Waals surface area contributed by atoms with E-state index in [0.717, 1.165) is 6.42 Å². The molecule has 0 spiro atoms. The van der Waals surface area contributed by atoms with Gasteiger partial charge in [0.2, 0.25) is 0 Å². The Balaban J connectivity index is 0. The fraction of sp³-hybridized carbons (Fsp3) is 0.889. The summed E-state index contributed by atoms with van der Waals surface area (Å²) in [6.45, 7) is 6.05. The molecule has 0 nitrogen and oxygen atoms in total. The zero-order chi connectivity index (χ0) is 6.95. The van der Waals surface area contributed by atoms with Crippen molar-refractivity contribution >= 4 is 0 Å². The molecule has 0 saturated heterocycles. The van der Waals surface area contributed by atoms with Crippen molar-refractivity contribution < 1.29 is 14.3 Å². The first-order valence-electron chi connectivity index (χ1n) is 4.21. The van der Waals surface area contributed by atoms with E-state index in [0.29, 0.717) is 0 Å². The summed E-state index contributed by atoms with van der Waals surface area (Å²) in [5.41, 5.74) is 0. The molecule has 0 unspecified atom stereocenters. The Morgan fingerprint density at radius 3 is 1.90 bits per heavy atom. The molecule has 0 atom stereocenters. The standard InChI is InChI=1S/C9H19.Am/c1-3-5-7-9-8-6-4-2;/h1,3-9H2,2H3;/q-1;. The van der Waals surface area contributed by atoms with Crippen molar-refractivity contribution in [3.8, 4) is 0 Å². The summed E-state index contributed by atoms with van der Waals surface area (Å²) in [5, 5.41) is 0. The van der Waals surface area contributed by atoms with Crippen LogP contribution in [-0.2, 0) is 0 Å². The van der Waals surface area contributed by atoms with Gasteiger partial charge < -0.3 is 6.92 Å². The average Bonchev–Trinajstić information content (AvgIpc) is 1.89. The van der Waals surface area contributed by atoms with E-state index >= 15 is 0 Å². The molecule has 0 N–H and O–H groups in total. The molecule has 0 aliphatic rings. The molecule has 0 heterocycles. The Bertz CT molecular complexity index is 38.0. The molecule has 0 rings (SSSR count). The second-order valence-corrected chi connectivity index (χ2v) is 2.62. The van der Waals surface area contributed by atoms with Crippen molar-refractivity contribution in [2.75, 3.05) is 0 Å². The fourth-order valence-electron chi connectivity index (χ4n) is 0.957. The molecule has 63 valence electrons. The van der Waals surface area contributed by atoms with Crippen molar-refractivity contribution in [1.29, 1.82) is 0 Å². The summed E-state index contributed by atoms with van der Waals surface area (Å²) >= 11 is 0. The third-order valence-corrected chi connectivity index (χ3v) is 1.60. The van der Waals surface area contributed by atoms with E-state index in [1.54, 1.807) is 0 Å². The zero-order valence-corrected chi connectivity index (χ0v) is 10.2. The van der Waals surface area contributed by atoms with Gasteiger partial charge in [0.25, 0.3) is 0 Å². The molecule has 0 bridgehead atoms. The third kappa shape index (κ3) is 11.2. The average molecular weight is 370 g/mol. The van der Waals surface area contributed by atoms with Gasteiger partial charge in [0.1, 0.15) is 0 Å². The SMILES string of the molecule is [Am].[CH2-]CCCCCCCC. The van der Waals surface area contributed by atoms with E-state index in [9.17, 15) is 0 Å². The maximum absolute atomic E-state index is 3.80.